The van der Waals surface area contributed by atoms with Crippen LogP contribution in [0.1, 0.15) is 20.8 Å². The molecule has 0 aliphatic heterocycles. The van der Waals surface area contributed by atoms with E-state index in [1.165, 1.54) is 0 Å². The maximum atomic E-state index is 5.23. The molecule has 0 radical (unpaired) electrons. The van der Waals surface area contributed by atoms with Gasteiger partial charge in [-0.05, 0) is 0 Å². The van der Waals surface area contributed by atoms with E-state index >= 15 is 0 Å². The summed E-state index contributed by atoms with van der Waals surface area (Å²) in [6, 6.07) is 0. The summed E-state index contributed by atoms with van der Waals surface area (Å²) in [6.07, 6.45) is 0. The van der Waals surface area contributed by atoms with Crippen molar-refractivity contribution in [3.63, 3.8) is 0 Å². The molecule has 0 aromatic heterocycles. The Balaban J connectivity index is 3.15. The average molecular weight is 94.1 g/mol. The fraction of sp³-hybridized carbons (Fsp3) is 1.00. The molecule has 0 aromatic carbocycles. The molecule has 0 N–H and O–H groups in total. The van der Waals surface area contributed by atoms with Crippen LogP contribution in [0.3, 0.4) is 0 Å². The molecule has 0 aromatic rings. The van der Waals surface area contributed by atoms with E-state index in [4.69, 9.17) is 4.74 Å². The second-order valence-corrected chi connectivity index (χ2v) is 2.55. The van der Waals surface area contributed by atoms with E-state index < -0.39 is 0 Å². The van der Waals surface area contributed by atoms with Gasteiger partial charge in [-0.1, -0.05) is 0 Å². The predicted octanol–water partition coefficient (Wildman–Crippen LogP) is 0.927. The van der Waals surface area contributed by atoms with Crippen molar-refractivity contribution in [1.29, 1.82) is 0 Å². The van der Waals surface area contributed by atoms with Crippen LogP contribution in [0.5, 0.6) is 0 Å². The molecule has 0 rings (SSSR count). The second kappa shape index (κ2) is 2.77. The minimum absolute atomic E-state index is 0.0503. The molecule has 0 atom stereocenters. The summed E-state index contributed by atoms with van der Waals surface area (Å²) in [6.45, 7) is 6.16. The Hall–Kier alpha value is 0.557. The summed E-state index contributed by atoms with van der Waals surface area (Å²) >= 11 is 2.01. The first kappa shape index (κ1) is 7.56. The van der Waals surface area contributed by atoms with E-state index in [9.17, 15) is 0 Å². The minimum atomic E-state index is 0.0503. The van der Waals surface area contributed by atoms with Crippen LogP contribution in [0.15, 0.2) is 0 Å². The molecule has 0 spiro atoms. The quantitative estimate of drug-likeness (QED) is 0.439. The zero-order valence-corrected chi connectivity index (χ0v) is 5.62. The summed E-state index contributed by atoms with van der Waals surface area (Å²) in [5, 5.41) is 0.809. The molecule has 0 bridgehead atoms. The molecule has 2 heteroatoms. The predicted molar refractivity (Wildman–Crippen MR) is 31.5 cm³/mol. The van der Waals surface area contributed by atoms with Gasteiger partial charge in [-0.15, -0.1) is 0 Å². The molecule has 0 saturated heterocycles. The molecule has 0 fully saturated rings. The molecule has 1 nitrogen and oxygen atoms in total. The van der Waals surface area contributed by atoms with E-state index in [1.807, 2.05) is 17.7 Å². The van der Waals surface area contributed by atoms with Gasteiger partial charge >= 0.3 is 54.1 Å². The van der Waals surface area contributed by atoms with Gasteiger partial charge in [0.2, 0.25) is 0 Å². The Morgan fingerprint density at radius 2 is 1.86 bits per heavy atom. The molecule has 0 saturated carbocycles. The molecule has 0 amide bonds. The van der Waals surface area contributed by atoms with Gasteiger partial charge in [0, 0.05) is 0 Å². The topological polar surface area (TPSA) is 9.23 Å². The molecule has 7 heavy (non-hydrogen) atoms. The Labute approximate surface area is 54.6 Å². The number of rotatable bonds is 1. The zero-order chi connectivity index (χ0) is 5.91. The molecule has 38 valence electrons. The van der Waals surface area contributed by atoms with E-state index in [-0.39, 0.29) is 5.60 Å². The van der Waals surface area contributed by atoms with Gasteiger partial charge in [0.1, 0.15) is 0 Å². The van der Waals surface area contributed by atoms with E-state index in [0.29, 0.717) is 0 Å². The van der Waals surface area contributed by atoms with Crippen molar-refractivity contribution in [3.05, 3.63) is 0 Å². The summed E-state index contributed by atoms with van der Waals surface area (Å²) in [4.78, 5) is 0. The Kier molecular flexibility index (Phi) is 2.99. The van der Waals surface area contributed by atoms with Crippen molar-refractivity contribution >= 4 is 17.7 Å². The standard InChI is InChI=1S/C5H11O.Li/c1-5(2,3)6-4;/h4H2,1-3H3;. The van der Waals surface area contributed by atoms with Gasteiger partial charge in [0.05, 0.1) is 0 Å². The molecule has 0 unspecified atom stereocenters. The van der Waals surface area contributed by atoms with Crippen molar-refractivity contribution in [2.24, 2.45) is 0 Å². The molecule has 0 heterocycles. The van der Waals surface area contributed by atoms with Crippen LogP contribution < -0.4 is 0 Å². The van der Waals surface area contributed by atoms with E-state index in [2.05, 4.69) is 20.8 Å². The Bertz CT molecular complexity index is 46.5. The Morgan fingerprint density at radius 1 is 1.43 bits per heavy atom. The average Bonchev–Trinajstić information content (AvgIpc) is 1.30. The third-order valence-corrected chi connectivity index (χ3v) is 0.577. The summed E-state index contributed by atoms with van der Waals surface area (Å²) < 4.78 is 5.23. The third-order valence-electron chi connectivity index (χ3n) is 0.577. The fourth-order valence-electron chi connectivity index (χ4n) is 0.433. The molecular weight excluding hydrogens is 83.0 g/mol. The first-order valence-electron chi connectivity index (χ1n) is 2.70. The van der Waals surface area contributed by atoms with Crippen LogP contribution >= 0.6 is 0 Å². The Morgan fingerprint density at radius 3 is 1.86 bits per heavy atom. The molecule has 0 aliphatic carbocycles. The number of hydrogen-bond donors (Lipinski definition) is 0. The van der Waals surface area contributed by atoms with Gasteiger partial charge in [-0.25, -0.2) is 0 Å². The van der Waals surface area contributed by atoms with Crippen LogP contribution in [0, 0.1) is 0 Å². The van der Waals surface area contributed by atoms with Gasteiger partial charge < -0.3 is 0 Å². The van der Waals surface area contributed by atoms with E-state index in [0.717, 1.165) is 5.28 Å². The maximum absolute atomic E-state index is 5.23. The first-order valence-corrected chi connectivity index (χ1v) is 2.70. The van der Waals surface area contributed by atoms with Crippen LogP contribution in [0.4, 0.5) is 0 Å². The van der Waals surface area contributed by atoms with Gasteiger partial charge in [0.25, 0.3) is 0 Å². The number of hydrogen-bond acceptors (Lipinski definition) is 1. The van der Waals surface area contributed by atoms with Crippen LogP contribution in [0.25, 0.3) is 0 Å². The van der Waals surface area contributed by atoms with Crippen LogP contribution in [-0.2, 0) is 4.74 Å². The van der Waals surface area contributed by atoms with Crippen molar-refractivity contribution in [2.45, 2.75) is 26.4 Å². The van der Waals surface area contributed by atoms with Crippen molar-refractivity contribution in [1.82, 2.24) is 0 Å². The van der Waals surface area contributed by atoms with Gasteiger partial charge in [0.15, 0.2) is 0 Å². The van der Waals surface area contributed by atoms with Crippen LogP contribution in [0.2, 0.25) is 0 Å². The SMILES string of the molecule is [Li][CH2]OC(C)(C)C. The van der Waals surface area contributed by atoms with Crippen molar-refractivity contribution in [2.75, 3.05) is 5.28 Å². The fourth-order valence-corrected chi connectivity index (χ4v) is 0.433. The summed E-state index contributed by atoms with van der Waals surface area (Å²) in [5.74, 6) is 0. The summed E-state index contributed by atoms with van der Waals surface area (Å²) in [7, 11) is 0. The van der Waals surface area contributed by atoms with Crippen LogP contribution in [-0.4, -0.2) is 28.6 Å². The van der Waals surface area contributed by atoms with Gasteiger partial charge in [-0.2, -0.15) is 0 Å². The van der Waals surface area contributed by atoms with Crippen molar-refractivity contribution < 1.29 is 4.74 Å². The number of ether oxygens (including phenoxy) is 1. The second-order valence-electron chi connectivity index (χ2n) is 2.55. The first-order chi connectivity index (χ1) is 3.06. The molecule has 0 aliphatic rings. The monoisotopic (exact) mass is 94.1 g/mol. The van der Waals surface area contributed by atoms with Gasteiger partial charge in [-0.3, -0.25) is 0 Å². The third kappa shape index (κ3) is 6.56. The normalized spacial score (nSPS) is 12.1. The molecular formula is C5H11LiO. The van der Waals surface area contributed by atoms with E-state index in [1.54, 1.807) is 0 Å². The summed E-state index contributed by atoms with van der Waals surface area (Å²) in [5.41, 5.74) is 0.0503. The zero-order valence-electron chi connectivity index (χ0n) is 5.62. The van der Waals surface area contributed by atoms with Crippen molar-refractivity contribution in [3.8, 4) is 0 Å².